The van der Waals surface area contributed by atoms with Crippen LogP contribution in [0.5, 0.6) is 0 Å². The average molecular weight is 269 g/mol. The van der Waals surface area contributed by atoms with Crippen molar-refractivity contribution >= 4 is 28.6 Å². The van der Waals surface area contributed by atoms with Gasteiger partial charge in [-0.2, -0.15) is 4.99 Å². The molecule has 0 bridgehead atoms. The Balaban J connectivity index is 1.94. The van der Waals surface area contributed by atoms with E-state index >= 15 is 0 Å². The second-order valence-electron chi connectivity index (χ2n) is 4.95. The van der Waals surface area contributed by atoms with E-state index in [9.17, 15) is 9.59 Å². The molecule has 3 rings (SSSR count). The van der Waals surface area contributed by atoms with Gasteiger partial charge in [-0.15, -0.1) is 0 Å². The lowest BCUT2D eigenvalue weighted by molar-refractivity contribution is -0.130. The number of fused-ring (bicyclic) bond motifs is 1. The van der Waals surface area contributed by atoms with Crippen LogP contribution >= 0.6 is 0 Å². The van der Waals surface area contributed by atoms with Crippen molar-refractivity contribution in [2.24, 2.45) is 4.99 Å². The number of hydrogen-bond acceptors (Lipinski definition) is 3. The molecule has 0 radical (unpaired) electrons. The fourth-order valence-electron chi connectivity index (χ4n) is 2.71. The number of carbonyl (C=O) groups excluding carboxylic acids is 2. The van der Waals surface area contributed by atoms with Crippen LogP contribution in [0.15, 0.2) is 35.5 Å². The predicted octanol–water partition coefficient (Wildman–Crippen LogP) is 2.23. The number of hydrogen-bond donors (Lipinski definition) is 0. The van der Waals surface area contributed by atoms with Crippen LogP contribution in [-0.2, 0) is 16.1 Å². The smallest absolute Gasteiger partial charge is 0.242 e. The van der Waals surface area contributed by atoms with Gasteiger partial charge >= 0.3 is 0 Å². The summed E-state index contributed by atoms with van der Waals surface area (Å²) in [4.78, 5) is 28.3. The van der Waals surface area contributed by atoms with Gasteiger partial charge in [-0.3, -0.25) is 4.79 Å². The standard InChI is InChI=1S/C15H15N3O2/c19-11-16-13-9-18(14-6-2-1-5-12(13)14)10-15(20)17-7-3-4-8-17/h1-2,5-6,9H,3-4,7-8,10H2. The number of benzene rings is 1. The van der Waals surface area contributed by atoms with Gasteiger partial charge in [0.2, 0.25) is 12.0 Å². The Labute approximate surface area is 116 Å². The van der Waals surface area contributed by atoms with Crippen molar-refractivity contribution in [3.8, 4) is 0 Å². The van der Waals surface area contributed by atoms with E-state index < -0.39 is 0 Å². The van der Waals surface area contributed by atoms with Gasteiger partial charge in [-0.1, -0.05) is 18.2 Å². The van der Waals surface area contributed by atoms with E-state index in [1.807, 2.05) is 33.7 Å². The Morgan fingerprint density at radius 1 is 1.25 bits per heavy atom. The highest BCUT2D eigenvalue weighted by molar-refractivity contribution is 5.93. The monoisotopic (exact) mass is 269 g/mol. The number of likely N-dealkylation sites (tertiary alicyclic amines) is 1. The Bertz CT molecular complexity index is 692. The van der Waals surface area contributed by atoms with Crippen LogP contribution in [0.3, 0.4) is 0 Å². The summed E-state index contributed by atoms with van der Waals surface area (Å²) in [5.41, 5.74) is 1.47. The van der Waals surface area contributed by atoms with Crippen molar-refractivity contribution in [1.82, 2.24) is 9.47 Å². The zero-order valence-corrected chi connectivity index (χ0v) is 11.1. The number of nitrogens with zero attached hydrogens (tertiary/aromatic N) is 3. The van der Waals surface area contributed by atoms with Crippen molar-refractivity contribution in [3.05, 3.63) is 30.5 Å². The number of para-hydroxylation sites is 1. The number of amides is 1. The van der Waals surface area contributed by atoms with E-state index in [4.69, 9.17) is 0 Å². The third kappa shape index (κ3) is 2.24. The Hall–Kier alpha value is -2.39. The normalized spacial score (nSPS) is 14.5. The van der Waals surface area contributed by atoms with Crippen LogP contribution in [0.2, 0.25) is 0 Å². The van der Waals surface area contributed by atoms with Crippen molar-refractivity contribution in [2.45, 2.75) is 19.4 Å². The van der Waals surface area contributed by atoms with Crippen LogP contribution in [0.1, 0.15) is 12.8 Å². The second-order valence-corrected chi connectivity index (χ2v) is 4.95. The second kappa shape index (κ2) is 5.31. The Morgan fingerprint density at radius 3 is 2.75 bits per heavy atom. The molecule has 0 aliphatic carbocycles. The van der Waals surface area contributed by atoms with E-state index in [0.717, 1.165) is 36.8 Å². The summed E-state index contributed by atoms with van der Waals surface area (Å²) in [6, 6.07) is 7.62. The molecule has 0 N–H and O–H groups in total. The molecule has 2 heterocycles. The first-order valence-corrected chi connectivity index (χ1v) is 6.73. The van der Waals surface area contributed by atoms with Gasteiger partial charge in [0.1, 0.15) is 12.2 Å². The first-order valence-electron chi connectivity index (χ1n) is 6.73. The van der Waals surface area contributed by atoms with E-state index in [2.05, 4.69) is 4.99 Å². The summed E-state index contributed by atoms with van der Waals surface area (Å²) in [7, 11) is 0. The van der Waals surface area contributed by atoms with Crippen LogP contribution in [0, 0.1) is 0 Å². The third-order valence-corrected chi connectivity index (χ3v) is 3.70. The van der Waals surface area contributed by atoms with Gasteiger partial charge in [0, 0.05) is 24.7 Å². The number of rotatable bonds is 3. The molecular formula is C15H15N3O2. The van der Waals surface area contributed by atoms with Gasteiger partial charge in [0.15, 0.2) is 0 Å². The van der Waals surface area contributed by atoms with Crippen LogP contribution < -0.4 is 0 Å². The molecule has 1 amide bonds. The minimum Gasteiger partial charge on any atom is -0.341 e. The fourth-order valence-corrected chi connectivity index (χ4v) is 2.71. The van der Waals surface area contributed by atoms with Gasteiger partial charge in [-0.25, -0.2) is 4.79 Å². The van der Waals surface area contributed by atoms with Gasteiger partial charge in [0.05, 0.1) is 5.52 Å². The largest absolute Gasteiger partial charge is 0.341 e. The first-order chi connectivity index (χ1) is 9.79. The summed E-state index contributed by atoms with van der Waals surface area (Å²) in [6.45, 7) is 1.98. The number of isocyanates is 1. The molecule has 102 valence electrons. The molecule has 1 aromatic heterocycles. The summed E-state index contributed by atoms with van der Waals surface area (Å²) >= 11 is 0. The molecule has 1 aromatic carbocycles. The molecule has 5 heteroatoms. The number of aromatic nitrogens is 1. The van der Waals surface area contributed by atoms with E-state index in [1.165, 1.54) is 0 Å². The molecule has 1 aliphatic rings. The van der Waals surface area contributed by atoms with Crippen LogP contribution in [-0.4, -0.2) is 34.5 Å². The third-order valence-electron chi connectivity index (χ3n) is 3.70. The van der Waals surface area contributed by atoms with Crippen molar-refractivity contribution in [1.29, 1.82) is 0 Å². The number of aliphatic imine (C=N–C) groups is 1. The highest BCUT2D eigenvalue weighted by Crippen LogP contribution is 2.28. The fraction of sp³-hybridized carbons (Fsp3) is 0.333. The molecule has 1 saturated heterocycles. The van der Waals surface area contributed by atoms with Gasteiger partial charge in [-0.05, 0) is 18.9 Å². The predicted molar refractivity (Wildman–Crippen MR) is 75.5 cm³/mol. The maximum Gasteiger partial charge on any atom is 0.242 e. The molecular weight excluding hydrogens is 254 g/mol. The Morgan fingerprint density at radius 2 is 2.00 bits per heavy atom. The highest BCUT2D eigenvalue weighted by atomic mass is 16.2. The van der Waals surface area contributed by atoms with E-state index in [1.54, 1.807) is 12.3 Å². The van der Waals surface area contributed by atoms with E-state index in [-0.39, 0.29) is 12.5 Å². The molecule has 0 saturated carbocycles. The maximum absolute atomic E-state index is 12.2. The summed E-state index contributed by atoms with van der Waals surface area (Å²) < 4.78 is 1.85. The van der Waals surface area contributed by atoms with Gasteiger partial charge < -0.3 is 9.47 Å². The van der Waals surface area contributed by atoms with Crippen LogP contribution in [0.25, 0.3) is 10.9 Å². The molecule has 0 atom stereocenters. The zero-order chi connectivity index (χ0) is 13.9. The van der Waals surface area contributed by atoms with Gasteiger partial charge in [0.25, 0.3) is 0 Å². The van der Waals surface area contributed by atoms with Crippen molar-refractivity contribution in [3.63, 3.8) is 0 Å². The number of carbonyl (C=O) groups is 1. The first kappa shape index (κ1) is 12.6. The summed E-state index contributed by atoms with van der Waals surface area (Å²) in [5, 5.41) is 0.866. The minimum absolute atomic E-state index is 0.116. The quantitative estimate of drug-likeness (QED) is 0.633. The average Bonchev–Trinajstić information content (AvgIpc) is 3.09. The molecule has 1 fully saturated rings. The van der Waals surface area contributed by atoms with Crippen LogP contribution in [0.4, 0.5) is 5.69 Å². The topological polar surface area (TPSA) is 54.7 Å². The summed E-state index contributed by atoms with van der Waals surface area (Å²) in [6.07, 6.45) is 5.47. The maximum atomic E-state index is 12.2. The minimum atomic E-state index is 0.116. The summed E-state index contributed by atoms with van der Waals surface area (Å²) in [5.74, 6) is 0.116. The zero-order valence-electron chi connectivity index (χ0n) is 11.1. The van der Waals surface area contributed by atoms with Crippen molar-refractivity contribution < 1.29 is 9.59 Å². The molecule has 5 nitrogen and oxygen atoms in total. The highest BCUT2D eigenvalue weighted by Gasteiger charge is 2.19. The SMILES string of the molecule is O=C=Nc1cn(CC(=O)N2CCCC2)c2ccccc12. The molecule has 0 unspecified atom stereocenters. The lowest BCUT2D eigenvalue weighted by Crippen LogP contribution is -2.30. The lowest BCUT2D eigenvalue weighted by atomic mass is 10.2. The van der Waals surface area contributed by atoms with Crippen molar-refractivity contribution in [2.75, 3.05) is 13.1 Å². The molecule has 20 heavy (non-hydrogen) atoms. The molecule has 0 spiro atoms. The Kier molecular flexibility index (Phi) is 3.35. The molecule has 2 aromatic rings. The lowest BCUT2D eigenvalue weighted by Gasteiger charge is -2.15. The van der Waals surface area contributed by atoms with E-state index in [0.29, 0.717) is 5.69 Å². The molecule has 1 aliphatic heterocycles.